The Morgan fingerprint density at radius 1 is 0.931 bits per heavy atom. The van der Waals surface area contributed by atoms with Crippen LogP contribution in [0.25, 0.3) is 0 Å². The number of nitrogens with zero attached hydrogens (tertiary/aromatic N) is 1. The average molecular weight is 420 g/mol. The molecule has 2 aromatic carbocycles. The maximum atomic E-state index is 13.2. The molecular weight excluding hydrogens is 402 g/mol. The van der Waals surface area contributed by atoms with Gasteiger partial charge < -0.3 is 15.2 Å². The summed E-state index contributed by atoms with van der Waals surface area (Å²) in [6.07, 6.45) is -9.44. The van der Waals surface area contributed by atoms with E-state index in [9.17, 15) is 31.4 Å². The van der Waals surface area contributed by atoms with Crippen LogP contribution in [0, 0.1) is 0 Å². The minimum Gasteiger partial charge on any atom is -0.508 e. The van der Waals surface area contributed by atoms with E-state index in [-0.39, 0.29) is 11.3 Å². The lowest BCUT2D eigenvalue weighted by atomic mass is 9.94. The minimum atomic E-state index is -4.85. The Bertz CT molecular complexity index is 830. The summed E-state index contributed by atoms with van der Waals surface area (Å²) in [6, 6.07) is 6.79. The van der Waals surface area contributed by atoms with Crippen LogP contribution in [-0.2, 0) is 6.18 Å². The molecule has 29 heavy (non-hydrogen) atoms. The normalized spacial score (nSPS) is 17.2. The van der Waals surface area contributed by atoms with Crippen LogP contribution in [0.2, 0.25) is 0 Å². The van der Waals surface area contributed by atoms with Crippen LogP contribution in [0.4, 0.5) is 26.3 Å². The smallest absolute Gasteiger partial charge is 0.508 e. The minimum absolute atomic E-state index is 0.0335. The van der Waals surface area contributed by atoms with E-state index in [0.29, 0.717) is 31.7 Å². The molecule has 0 spiro atoms. The Kier molecular flexibility index (Phi) is 5.95. The molecule has 0 amide bonds. The van der Waals surface area contributed by atoms with Crippen LogP contribution in [-0.4, -0.2) is 42.5 Å². The van der Waals surface area contributed by atoms with Crippen molar-refractivity contribution in [3.05, 3.63) is 59.2 Å². The SMILES string of the molecule is Oc1ccc(C(F)(F)F)cc1[C@@H](c1ccc(OC(F)(F)F)cc1)N1CCNCC1. The van der Waals surface area contributed by atoms with E-state index in [2.05, 4.69) is 10.1 Å². The molecule has 1 aliphatic heterocycles. The van der Waals surface area contributed by atoms with Crippen molar-refractivity contribution in [1.82, 2.24) is 10.2 Å². The van der Waals surface area contributed by atoms with E-state index in [4.69, 9.17) is 0 Å². The van der Waals surface area contributed by atoms with Gasteiger partial charge in [0.05, 0.1) is 11.6 Å². The molecule has 3 rings (SSSR count). The van der Waals surface area contributed by atoms with E-state index >= 15 is 0 Å². The highest BCUT2D eigenvalue weighted by Crippen LogP contribution is 2.39. The first-order valence-electron chi connectivity index (χ1n) is 8.75. The molecule has 0 aliphatic carbocycles. The van der Waals surface area contributed by atoms with Gasteiger partial charge in [0.15, 0.2) is 0 Å². The number of phenolic OH excluding ortho intramolecular Hbond substituents is 1. The number of rotatable bonds is 4. The predicted octanol–water partition coefficient (Wildman–Crippen LogP) is 4.30. The number of hydrogen-bond donors (Lipinski definition) is 2. The summed E-state index contributed by atoms with van der Waals surface area (Å²) in [5.74, 6) is -0.759. The molecule has 2 aromatic rings. The van der Waals surface area contributed by atoms with Crippen LogP contribution >= 0.6 is 0 Å². The molecule has 1 aliphatic rings. The molecule has 158 valence electrons. The zero-order chi connectivity index (χ0) is 21.2. The summed E-state index contributed by atoms with van der Waals surface area (Å²) in [5, 5.41) is 13.4. The summed E-state index contributed by atoms with van der Waals surface area (Å²) >= 11 is 0. The Morgan fingerprint density at radius 2 is 1.55 bits per heavy atom. The van der Waals surface area contributed by atoms with Crippen LogP contribution in [0.5, 0.6) is 11.5 Å². The van der Waals surface area contributed by atoms with Gasteiger partial charge in [0.1, 0.15) is 11.5 Å². The Balaban J connectivity index is 2.02. The number of aromatic hydroxyl groups is 1. The number of hydrogen-bond acceptors (Lipinski definition) is 4. The fraction of sp³-hybridized carbons (Fsp3) is 0.368. The molecule has 1 saturated heterocycles. The molecule has 0 bridgehead atoms. The van der Waals surface area contributed by atoms with Crippen molar-refractivity contribution >= 4 is 0 Å². The van der Waals surface area contributed by atoms with E-state index in [0.717, 1.165) is 30.3 Å². The first-order chi connectivity index (χ1) is 13.5. The van der Waals surface area contributed by atoms with Crippen molar-refractivity contribution in [2.75, 3.05) is 26.2 Å². The number of nitrogens with one attached hydrogen (secondary N) is 1. The second-order valence-electron chi connectivity index (χ2n) is 6.58. The molecule has 0 radical (unpaired) electrons. The number of halogens is 6. The number of benzene rings is 2. The van der Waals surface area contributed by atoms with Gasteiger partial charge in [-0.15, -0.1) is 13.2 Å². The number of phenols is 1. The van der Waals surface area contributed by atoms with Crippen LogP contribution in [0.3, 0.4) is 0 Å². The van der Waals surface area contributed by atoms with Gasteiger partial charge in [-0.3, -0.25) is 4.90 Å². The molecule has 0 saturated carbocycles. The van der Waals surface area contributed by atoms with Crippen LogP contribution in [0.15, 0.2) is 42.5 Å². The lowest BCUT2D eigenvalue weighted by Crippen LogP contribution is -2.45. The van der Waals surface area contributed by atoms with Gasteiger partial charge in [-0.2, -0.15) is 13.2 Å². The van der Waals surface area contributed by atoms with Crippen molar-refractivity contribution in [3.8, 4) is 11.5 Å². The topological polar surface area (TPSA) is 44.7 Å². The number of ether oxygens (including phenoxy) is 1. The second-order valence-corrected chi connectivity index (χ2v) is 6.58. The zero-order valence-corrected chi connectivity index (χ0v) is 15.0. The molecule has 1 heterocycles. The molecule has 10 heteroatoms. The van der Waals surface area contributed by atoms with Crippen LogP contribution in [0.1, 0.15) is 22.7 Å². The van der Waals surface area contributed by atoms with E-state index < -0.39 is 29.9 Å². The summed E-state index contributed by atoms with van der Waals surface area (Å²) in [7, 11) is 0. The fourth-order valence-electron chi connectivity index (χ4n) is 3.33. The second kappa shape index (κ2) is 8.11. The highest BCUT2D eigenvalue weighted by atomic mass is 19.4. The monoisotopic (exact) mass is 420 g/mol. The first-order valence-corrected chi connectivity index (χ1v) is 8.75. The van der Waals surface area contributed by atoms with Gasteiger partial charge in [0.25, 0.3) is 0 Å². The van der Waals surface area contributed by atoms with Gasteiger partial charge >= 0.3 is 12.5 Å². The summed E-state index contributed by atoms with van der Waals surface area (Å²) < 4.78 is 80.6. The lowest BCUT2D eigenvalue weighted by Gasteiger charge is -2.36. The first kappa shape index (κ1) is 21.3. The number of piperazine rings is 1. The highest BCUT2D eigenvalue weighted by molar-refractivity contribution is 5.45. The molecule has 4 nitrogen and oxygen atoms in total. The largest absolute Gasteiger partial charge is 0.573 e. The predicted molar refractivity (Wildman–Crippen MR) is 92.5 cm³/mol. The van der Waals surface area contributed by atoms with Crippen molar-refractivity contribution in [3.63, 3.8) is 0 Å². The van der Waals surface area contributed by atoms with Gasteiger partial charge in [-0.1, -0.05) is 12.1 Å². The quantitative estimate of drug-likeness (QED) is 0.724. The van der Waals surface area contributed by atoms with Crippen molar-refractivity contribution in [1.29, 1.82) is 0 Å². The lowest BCUT2D eigenvalue weighted by molar-refractivity contribution is -0.274. The van der Waals surface area contributed by atoms with Gasteiger partial charge in [-0.05, 0) is 35.9 Å². The number of alkyl halides is 6. The van der Waals surface area contributed by atoms with Gasteiger partial charge in [0.2, 0.25) is 0 Å². The average Bonchev–Trinajstić information content (AvgIpc) is 2.63. The third-order valence-electron chi connectivity index (χ3n) is 4.60. The fourth-order valence-corrected chi connectivity index (χ4v) is 3.33. The van der Waals surface area contributed by atoms with Gasteiger partial charge in [0, 0.05) is 31.7 Å². The Hall–Kier alpha value is -2.46. The molecular formula is C19H18F6N2O2. The molecule has 0 aromatic heterocycles. The summed E-state index contributed by atoms with van der Waals surface area (Å²) in [5.41, 5.74) is -0.440. The summed E-state index contributed by atoms with van der Waals surface area (Å²) in [6.45, 7) is 2.15. The molecule has 2 N–H and O–H groups in total. The summed E-state index contributed by atoms with van der Waals surface area (Å²) in [4.78, 5) is 1.87. The Morgan fingerprint density at radius 3 is 2.10 bits per heavy atom. The van der Waals surface area contributed by atoms with Crippen molar-refractivity contribution in [2.45, 2.75) is 18.6 Å². The van der Waals surface area contributed by atoms with Crippen molar-refractivity contribution in [2.24, 2.45) is 0 Å². The van der Waals surface area contributed by atoms with Crippen molar-refractivity contribution < 1.29 is 36.2 Å². The van der Waals surface area contributed by atoms with E-state index in [1.165, 1.54) is 12.1 Å². The molecule has 0 unspecified atom stereocenters. The van der Waals surface area contributed by atoms with E-state index in [1.54, 1.807) is 0 Å². The maximum Gasteiger partial charge on any atom is 0.573 e. The standard InChI is InChI=1S/C19H18F6N2O2/c20-18(21,22)13-3-6-16(28)15(11-13)17(27-9-7-26-8-10-27)12-1-4-14(5-2-12)29-19(23,24)25/h1-6,11,17,26,28H,7-10H2/t17-/m1/s1. The molecule has 1 fully saturated rings. The third-order valence-corrected chi connectivity index (χ3v) is 4.60. The van der Waals surface area contributed by atoms with E-state index in [1.807, 2.05) is 4.90 Å². The third kappa shape index (κ3) is 5.33. The highest BCUT2D eigenvalue weighted by Gasteiger charge is 2.34. The molecule has 1 atom stereocenters. The van der Waals surface area contributed by atoms with Gasteiger partial charge in [-0.25, -0.2) is 0 Å². The maximum absolute atomic E-state index is 13.2. The zero-order valence-electron chi connectivity index (χ0n) is 15.0. The Labute approximate surface area is 162 Å². The van der Waals surface area contributed by atoms with Crippen LogP contribution < -0.4 is 10.1 Å².